The molecule has 0 amide bonds. The zero-order chi connectivity index (χ0) is 22.2. The maximum Gasteiger partial charge on any atom is 0.303 e. The molecule has 32 heavy (non-hydrogen) atoms. The largest absolute Gasteiger partial charge is 0.501 e. The second kappa shape index (κ2) is 11.0. The molecule has 0 aliphatic carbocycles. The smallest absolute Gasteiger partial charge is 0.303 e. The zero-order valence-electron chi connectivity index (χ0n) is 18.7. The van der Waals surface area contributed by atoms with E-state index in [0.717, 1.165) is 32.3 Å². The summed E-state index contributed by atoms with van der Waals surface area (Å²) >= 11 is 0. The van der Waals surface area contributed by atoms with Gasteiger partial charge in [0.15, 0.2) is 0 Å². The molecule has 0 aromatic heterocycles. The van der Waals surface area contributed by atoms with E-state index in [2.05, 4.69) is 60.7 Å². The quantitative estimate of drug-likeness (QED) is 0.133. The van der Waals surface area contributed by atoms with Gasteiger partial charge in [-0.3, -0.25) is 4.79 Å². The molecule has 0 unspecified atom stereocenters. The van der Waals surface area contributed by atoms with Crippen molar-refractivity contribution in [3.8, 4) is 0 Å². The van der Waals surface area contributed by atoms with Crippen LogP contribution in [-0.4, -0.2) is 17.7 Å². The molecule has 4 rings (SSSR count). The van der Waals surface area contributed by atoms with Gasteiger partial charge in [0.1, 0.15) is 0 Å². The maximum atomic E-state index is 10.5. The van der Waals surface area contributed by atoms with Crippen LogP contribution in [0.1, 0.15) is 63.4 Å². The van der Waals surface area contributed by atoms with Crippen molar-refractivity contribution in [1.82, 2.24) is 0 Å². The van der Waals surface area contributed by atoms with Crippen molar-refractivity contribution in [2.45, 2.75) is 57.8 Å². The average molecular weight is 429 g/mol. The van der Waals surface area contributed by atoms with E-state index in [1.807, 2.05) is 6.26 Å². The molecule has 1 N–H and O–H groups in total. The molecule has 0 saturated heterocycles. The molecule has 3 heteroatoms. The highest BCUT2D eigenvalue weighted by atomic mass is 16.5. The molecule has 0 atom stereocenters. The minimum atomic E-state index is -0.682. The molecule has 4 aromatic rings. The summed E-state index contributed by atoms with van der Waals surface area (Å²) in [6.07, 6.45) is 13.1. The first-order valence-corrected chi connectivity index (χ1v) is 11.9. The highest BCUT2D eigenvalue weighted by Crippen LogP contribution is 2.36. The van der Waals surface area contributed by atoms with Crippen LogP contribution >= 0.6 is 0 Å². The van der Waals surface area contributed by atoms with Crippen LogP contribution < -0.4 is 0 Å². The van der Waals surface area contributed by atoms with Crippen molar-refractivity contribution in [3.05, 3.63) is 66.4 Å². The molecule has 0 aliphatic rings. The zero-order valence-corrected chi connectivity index (χ0v) is 18.7. The van der Waals surface area contributed by atoms with Gasteiger partial charge in [0.2, 0.25) is 0 Å². The van der Waals surface area contributed by atoms with E-state index in [1.165, 1.54) is 63.6 Å². The van der Waals surface area contributed by atoms with Gasteiger partial charge in [-0.05, 0) is 56.8 Å². The lowest BCUT2D eigenvalue weighted by molar-refractivity contribution is -0.137. The maximum absolute atomic E-state index is 10.5. The Balaban J connectivity index is 1.22. The lowest BCUT2D eigenvalue weighted by Crippen LogP contribution is -1.93. The number of ether oxygens (including phenoxy) is 1. The fraction of sp³-hybridized carbons (Fsp3) is 0.345. The van der Waals surface area contributed by atoms with Crippen LogP contribution in [0.3, 0.4) is 0 Å². The first-order chi connectivity index (χ1) is 15.7. The summed E-state index contributed by atoms with van der Waals surface area (Å²) < 4.78 is 5.77. The minimum absolute atomic E-state index is 0.305. The first kappa shape index (κ1) is 22.1. The van der Waals surface area contributed by atoms with E-state index in [1.54, 1.807) is 0 Å². The van der Waals surface area contributed by atoms with E-state index < -0.39 is 5.97 Å². The third kappa shape index (κ3) is 5.40. The summed E-state index contributed by atoms with van der Waals surface area (Å²) in [5.74, 6) is -0.682. The van der Waals surface area contributed by atoms with Gasteiger partial charge >= 0.3 is 5.97 Å². The highest BCUT2D eigenvalue weighted by Gasteiger charge is 2.09. The standard InChI is InChI=1S/C29H32O3/c30-27(31)12-7-5-3-1-2-4-6-8-20-32-21-19-22-13-14-25-16-15-23-10-9-11-24-17-18-26(22)29(25)28(23)24/h9-11,13-19,21H,1-8,12,20H2,(H,30,31). The topological polar surface area (TPSA) is 46.5 Å². The predicted molar refractivity (Wildman–Crippen MR) is 134 cm³/mol. The molecular weight excluding hydrogens is 396 g/mol. The third-order valence-electron chi connectivity index (χ3n) is 6.31. The summed E-state index contributed by atoms with van der Waals surface area (Å²) in [5.41, 5.74) is 1.19. The molecule has 0 saturated carbocycles. The predicted octanol–water partition coefficient (Wildman–Crippen LogP) is 8.17. The Kier molecular flexibility index (Phi) is 7.60. The van der Waals surface area contributed by atoms with Crippen molar-refractivity contribution in [3.63, 3.8) is 0 Å². The van der Waals surface area contributed by atoms with Crippen LogP contribution in [-0.2, 0) is 9.53 Å². The molecule has 0 spiro atoms. The van der Waals surface area contributed by atoms with Gasteiger partial charge < -0.3 is 9.84 Å². The number of rotatable bonds is 13. The molecule has 4 aromatic carbocycles. The van der Waals surface area contributed by atoms with Gasteiger partial charge in [0, 0.05) is 6.42 Å². The second-order valence-electron chi connectivity index (χ2n) is 8.66. The van der Waals surface area contributed by atoms with Gasteiger partial charge in [-0.1, -0.05) is 93.1 Å². The number of unbranched alkanes of at least 4 members (excludes halogenated alkanes) is 7. The number of hydrogen-bond donors (Lipinski definition) is 1. The Morgan fingerprint density at radius 2 is 1.31 bits per heavy atom. The average Bonchev–Trinajstić information content (AvgIpc) is 2.81. The normalized spacial score (nSPS) is 11.9. The number of carboxylic acid groups (broad SMARTS) is 1. The lowest BCUT2D eigenvalue weighted by Gasteiger charge is -2.12. The van der Waals surface area contributed by atoms with Gasteiger partial charge in [-0.25, -0.2) is 0 Å². The van der Waals surface area contributed by atoms with Crippen molar-refractivity contribution in [2.24, 2.45) is 0 Å². The molecule has 0 fully saturated rings. The molecule has 0 aliphatic heterocycles. The van der Waals surface area contributed by atoms with Gasteiger partial charge in [-0.15, -0.1) is 0 Å². The summed E-state index contributed by atoms with van der Waals surface area (Å²) in [5, 5.41) is 16.4. The fourth-order valence-electron chi connectivity index (χ4n) is 4.61. The fourth-order valence-corrected chi connectivity index (χ4v) is 4.61. The van der Waals surface area contributed by atoms with Crippen LogP contribution in [0, 0.1) is 0 Å². The van der Waals surface area contributed by atoms with Gasteiger partial charge in [-0.2, -0.15) is 0 Å². The SMILES string of the molecule is O=C(O)CCCCCCCCCCOC=Cc1ccc2ccc3cccc4ccc1c2c34. The molecule has 166 valence electrons. The van der Waals surface area contributed by atoms with Crippen LogP contribution in [0.2, 0.25) is 0 Å². The number of benzene rings is 4. The number of hydrogen-bond acceptors (Lipinski definition) is 2. The minimum Gasteiger partial charge on any atom is -0.501 e. The Bertz CT molecular complexity index is 1180. The van der Waals surface area contributed by atoms with Gasteiger partial charge in [0.05, 0.1) is 12.9 Å². The van der Waals surface area contributed by atoms with Crippen molar-refractivity contribution in [2.75, 3.05) is 6.61 Å². The summed E-state index contributed by atoms with van der Waals surface area (Å²) in [7, 11) is 0. The van der Waals surface area contributed by atoms with E-state index in [0.29, 0.717) is 6.42 Å². The monoisotopic (exact) mass is 428 g/mol. The van der Waals surface area contributed by atoms with E-state index >= 15 is 0 Å². The molecule has 0 bridgehead atoms. The van der Waals surface area contributed by atoms with Crippen molar-refractivity contribution >= 4 is 44.4 Å². The Hall–Kier alpha value is -3.07. The van der Waals surface area contributed by atoms with E-state index in [9.17, 15) is 4.79 Å². The van der Waals surface area contributed by atoms with Crippen LogP contribution in [0.4, 0.5) is 0 Å². The van der Waals surface area contributed by atoms with Crippen molar-refractivity contribution in [1.29, 1.82) is 0 Å². The third-order valence-corrected chi connectivity index (χ3v) is 6.31. The Labute approximate surface area is 190 Å². The Morgan fingerprint density at radius 3 is 2.03 bits per heavy atom. The number of carbonyl (C=O) groups is 1. The molecular formula is C29H32O3. The first-order valence-electron chi connectivity index (χ1n) is 11.9. The van der Waals surface area contributed by atoms with Gasteiger partial charge in [0.25, 0.3) is 0 Å². The summed E-state index contributed by atoms with van der Waals surface area (Å²) in [6, 6.07) is 19.7. The summed E-state index contributed by atoms with van der Waals surface area (Å²) in [4.78, 5) is 10.5. The molecule has 0 heterocycles. The molecule has 0 radical (unpaired) electrons. The van der Waals surface area contributed by atoms with Crippen LogP contribution in [0.5, 0.6) is 0 Å². The summed E-state index contributed by atoms with van der Waals surface area (Å²) in [6.45, 7) is 0.751. The highest BCUT2D eigenvalue weighted by molar-refractivity contribution is 6.24. The number of carboxylic acids is 1. The van der Waals surface area contributed by atoms with E-state index in [-0.39, 0.29) is 0 Å². The molecule has 3 nitrogen and oxygen atoms in total. The number of aliphatic carboxylic acids is 1. The lowest BCUT2D eigenvalue weighted by atomic mass is 9.92. The van der Waals surface area contributed by atoms with Crippen molar-refractivity contribution < 1.29 is 14.6 Å². The van der Waals surface area contributed by atoms with Crippen LogP contribution in [0.25, 0.3) is 38.4 Å². The second-order valence-corrected chi connectivity index (χ2v) is 8.66. The Morgan fingerprint density at radius 1 is 0.719 bits per heavy atom. The van der Waals surface area contributed by atoms with Crippen LogP contribution in [0.15, 0.2) is 60.9 Å². The van der Waals surface area contributed by atoms with E-state index in [4.69, 9.17) is 9.84 Å².